The van der Waals surface area contributed by atoms with Crippen molar-refractivity contribution < 1.29 is 18.3 Å². The maximum absolute atomic E-state index is 12.1. The summed E-state index contributed by atoms with van der Waals surface area (Å²) in [5, 5.41) is 12.6. The van der Waals surface area contributed by atoms with E-state index in [4.69, 9.17) is 9.84 Å². The van der Waals surface area contributed by atoms with Crippen molar-refractivity contribution in [1.29, 1.82) is 0 Å². The van der Waals surface area contributed by atoms with Gasteiger partial charge in [0.1, 0.15) is 12.4 Å². The molecule has 0 bridgehead atoms. The minimum absolute atomic E-state index is 0.0960. The monoisotopic (exact) mass is 297 g/mol. The van der Waals surface area contributed by atoms with E-state index in [-0.39, 0.29) is 23.9 Å². The molecule has 0 saturated heterocycles. The van der Waals surface area contributed by atoms with E-state index < -0.39 is 10.0 Å². The lowest BCUT2D eigenvalue weighted by Crippen LogP contribution is -2.13. The average Bonchev–Trinajstić information content (AvgIpc) is 2.81. The van der Waals surface area contributed by atoms with Crippen molar-refractivity contribution in [2.75, 3.05) is 17.9 Å². The lowest BCUT2D eigenvalue weighted by atomic mass is 10.3. The van der Waals surface area contributed by atoms with Crippen LogP contribution in [-0.2, 0) is 17.1 Å². The molecule has 2 N–H and O–H groups in total. The van der Waals surface area contributed by atoms with Gasteiger partial charge in [0.25, 0.3) is 10.0 Å². The molecule has 8 heteroatoms. The van der Waals surface area contributed by atoms with E-state index in [2.05, 4.69) is 9.82 Å². The first-order valence-electron chi connectivity index (χ1n) is 5.87. The van der Waals surface area contributed by atoms with Crippen molar-refractivity contribution in [2.45, 2.75) is 4.90 Å². The highest BCUT2D eigenvalue weighted by atomic mass is 32.2. The first kappa shape index (κ1) is 14.4. The van der Waals surface area contributed by atoms with E-state index in [0.29, 0.717) is 5.75 Å². The van der Waals surface area contributed by atoms with Gasteiger partial charge < -0.3 is 9.84 Å². The molecule has 0 spiro atoms. The van der Waals surface area contributed by atoms with Gasteiger partial charge in [0.2, 0.25) is 0 Å². The zero-order valence-electron chi connectivity index (χ0n) is 10.9. The Hall–Kier alpha value is -2.06. The summed E-state index contributed by atoms with van der Waals surface area (Å²) in [6.45, 7) is 0.0690. The third-order valence-electron chi connectivity index (χ3n) is 2.45. The second-order valence-electron chi connectivity index (χ2n) is 4.02. The first-order chi connectivity index (χ1) is 9.51. The van der Waals surface area contributed by atoms with E-state index in [1.165, 1.54) is 28.9 Å². The number of nitrogens with zero attached hydrogens (tertiary/aromatic N) is 2. The molecule has 0 radical (unpaired) electrons. The number of hydrogen-bond acceptors (Lipinski definition) is 5. The van der Waals surface area contributed by atoms with Gasteiger partial charge in [-0.3, -0.25) is 9.40 Å². The maximum Gasteiger partial charge on any atom is 0.263 e. The van der Waals surface area contributed by atoms with Gasteiger partial charge in [0, 0.05) is 19.3 Å². The van der Waals surface area contributed by atoms with Crippen molar-refractivity contribution in [3.8, 4) is 5.75 Å². The van der Waals surface area contributed by atoms with Gasteiger partial charge in [0.05, 0.1) is 11.5 Å². The van der Waals surface area contributed by atoms with Crippen molar-refractivity contribution in [1.82, 2.24) is 9.78 Å². The second-order valence-corrected chi connectivity index (χ2v) is 5.71. The summed E-state index contributed by atoms with van der Waals surface area (Å²) in [5.41, 5.74) is 0. The summed E-state index contributed by atoms with van der Waals surface area (Å²) in [6.07, 6.45) is 1.64. The van der Waals surface area contributed by atoms with Gasteiger partial charge in [-0.2, -0.15) is 5.10 Å². The largest absolute Gasteiger partial charge is 0.491 e. The van der Waals surface area contributed by atoms with Crippen LogP contribution < -0.4 is 9.46 Å². The molecule has 0 saturated carbocycles. The standard InChI is InChI=1S/C12H15N3O4S/c1-15-7-6-12(13-15)14-20(17,18)11-4-2-10(3-5-11)19-9-8-16/h2-7,16H,8-9H2,1H3,(H,13,14). The zero-order valence-corrected chi connectivity index (χ0v) is 11.7. The number of aliphatic hydroxyl groups is 1. The number of rotatable bonds is 6. The molecule has 0 aliphatic carbocycles. The average molecular weight is 297 g/mol. The lowest BCUT2D eigenvalue weighted by molar-refractivity contribution is 0.201. The third kappa shape index (κ3) is 3.49. The Morgan fingerprint density at radius 2 is 2.00 bits per heavy atom. The molecule has 2 aromatic rings. The number of hydrogen-bond donors (Lipinski definition) is 2. The molecule has 0 amide bonds. The summed E-state index contributed by atoms with van der Waals surface area (Å²) in [6, 6.07) is 7.48. The molecule has 1 heterocycles. The fourth-order valence-corrected chi connectivity index (χ4v) is 2.54. The Labute approximate surface area is 116 Å². The van der Waals surface area contributed by atoms with Crippen LogP contribution >= 0.6 is 0 Å². The van der Waals surface area contributed by atoms with Gasteiger partial charge in [-0.1, -0.05) is 0 Å². The predicted molar refractivity (Wildman–Crippen MR) is 73.0 cm³/mol. The highest BCUT2D eigenvalue weighted by Gasteiger charge is 2.15. The number of benzene rings is 1. The zero-order chi connectivity index (χ0) is 14.6. The lowest BCUT2D eigenvalue weighted by Gasteiger charge is -2.07. The summed E-state index contributed by atoms with van der Waals surface area (Å²) < 4.78 is 33.2. The van der Waals surface area contributed by atoms with Crippen LogP contribution in [0.5, 0.6) is 5.75 Å². The number of aromatic nitrogens is 2. The van der Waals surface area contributed by atoms with Crippen molar-refractivity contribution in [3.05, 3.63) is 36.5 Å². The van der Waals surface area contributed by atoms with E-state index in [1.54, 1.807) is 19.3 Å². The molecule has 0 unspecified atom stereocenters. The Morgan fingerprint density at radius 3 is 2.55 bits per heavy atom. The van der Waals surface area contributed by atoms with E-state index in [1.807, 2.05) is 0 Å². The smallest absolute Gasteiger partial charge is 0.263 e. The molecule has 108 valence electrons. The molecule has 2 rings (SSSR count). The first-order valence-corrected chi connectivity index (χ1v) is 7.36. The van der Waals surface area contributed by atoms with Gasteiger partial charge in [-0.05, 0) is 24.3 Å². The topological polar surface area (TPSA) is 93.5 Å². The second kappa shape index (κ2) is 5.93. The van der Waals surface area contributed by atoms with E-state index in [0.717, 1.165) is 0 Å². The van der Waals surface area contributed by atoms with Crippen molar-refractivity contribution in [3.63, 3.8) is 0 Å². The number of aliphatic hydroxyl groups excluding tert-OH is 1. The minimum Gasteiger partial charge on any atom is -0.491 e. The van der Waals surface area contributed by atoms with Gasteiger partial charge >= 0.3 is 0 Å². The van der Waals surface area contributed by atoms with Crippen LogP contribution in [0, 0.1) is 0 Å². The van der Waals surface area contributed by atoms with Crippen molar-refractivity contribution in [2.24, 2.45) is 7.05 Å². The SMILES string of the molecule is Cn1ccc(NS(=O)(=O)c2ccc(OCCO)cc2)n1. The number of ether oxygens (including phenoxy) is 1. The fourth-order valence-electron chi connectivity index (χ4n) is 1.54. The Bertz CT molecular complexity index is 664. The molecule has 0 aliphatic rings. The van der Waals surface area contributed by atoms with Crippen LogP contribution in [0.3, 0.4) is 0 Å². The highest BCUT2D eigenvalue weighted by molar-refractivity contribution is 7.92. The minimum atomic E-state index is -3.67. The third-order valence-corrected chi connectivity index (χ3v) is 3.82. The molecular weight excluding hydrogens is 282 g/mol. The molecule has 1 aromatic heterocycles. The number of aryl methyl sites for hydroxylation is 1. The molecular formula is C12H15N3O4S. The normalized spacial score (nSPS) is 11.3. The quantitative estimate of drug-likeness (QED) is 0.814. The molecule has 7 nitrogen and oxygen atoms in total. The van der Waals surface area contributed by atoms with Crippen LogP contribution in [0.15, 0.2) is 41.4 Å². The number of nitrogens with one attached hydrogen (secondary N) is 1. The van der Waals surface area contributed by atoms with Crippen LogP contribution in [0.2, 0.25) is 0 Å². The highest BCUT2D eigenvalue weighted by Crippen LogP contribution is 2.18. The van der Waals surface area contributed by atoms with Crippen LogP contribution in [0.1, 0.15) is 0 Å². The predicted octanol–water partition coefficient (Wildman–Crippen LogP) is 0.592. The Kier molecular flexibility index (Phi) is 4.26. The fraction of sp³-hybridized carbons (Fsp3) is 0.250. The van der Waals surface area contributed by atoms with Gasteiger partial charge in [-0.15, -0.1) is 0 Å². The molecule has 0 aliphatic heterocycles. The molecule has 1 aromatic carbocycles. The van der Waals surface area contributed by atoms with E-state index >= 15 is 0 Å². The van der Waals surface area contributed by atoms with Crippen molar-refractivity contribution >= 4 is 15.8 Å². The molecule has 20 heavy (non-hydrogen) atoms. The Morgan fingerprint density at radius 1 is 1.30 bits per heavy atom. The summed E-state index contributed by atoms with van der Waals surface area (Å²) >= 11 is 0. The maximum atomic E-state index is 12.1. The molecule has 0 fully saturated rings. The number of anilines is 1. The van der Waals surface area contributed by atoms with Crippen LogP contribution in [0.4, 0.5) is 5.82 Å². The summed E-state index contributed by atoms with van der Waals surface area (Å²) in [4.78, 5) is 0.111. The van der Waals surface area contributed by atoms with Crippen LogP contribution in [-0.4, -0.2) is 36.5 Å². The van der Waals surface area contributed by atoms with E-state index in [9.17, 15) is 8.42 Å². The number of sulfonamides is 1. The van der Waals surface area contributed by atoms with Gasteiger partial charge in [-0.25, -0.2) is 8.42 Å². The van der Waals surface area contributed by atoms with Gasteiger partial charge in [0.15, 0.2) is 5.82 Å². The molecule has 0 atom stereocenters. The summed E-state index contributed by atoms with van der Waals surface area (Å²) in [7, 11) is -1.97. The Balaban J connectivity index is 2.13. The summed E-state index contributed by atoms with van der Waals surface area (Å²) in [5.74, 6) is 0.754. The van der Waals surface area contributed by atoms with Crippen LogP contribution in [0.25, 0.3) is 0 Å².